The zero-order chi connectivity index (χ0) is 14.0. The van der Waals surface area contributed by atoms with E-state index in [1.807, 2.05) is 18.0 Å². The minimum Gasteiger partial charge on any atom is -0.384 e. The van der Waals surface area contributed by atoms with E-state index in [4.69, 9.17) is 11.1 Å². The monoisotopic (exact) mass is 254 g/mol. The Labute approximate surface area is 113 Å². The summed E-state index contributed by atoms with van der Waals surface area (Å²) in [6.45, 7) is 4.13. The van der Waals surface area contributed by atoms with Gasteiger partial charge in [-0.25, -0.2) is 4.98 Å². The van der Waals surface area contributed by atoms with Gasteiger partial charge in [0, 0.05) is 18.9 Å². The first-order valence-corrected chi connectivity index (χ1v) is 6.11. The van der Waals surface area contributed by atoms with E-state index in [0.29, 0.717) is 11.4 Å². The zero-order valence-electron chi connectivity index (χ0n) is 11.4. The van der Waals surface area contributed by atoms with Crippen LogP contribution in [0.25, 0.3) is 0 Å². The highest BCUT2D eigenvalue weighted by Gasteiger charge is 2.13. The first-order chi connectivity index (χ1) is 9.00. The number of rotatable bonds is 3. The number of pyridine rings is 1. The molecule has 1 aromatic heterocycles. The van der Waals surface area contributed by atoms with Gasteiger partial charge < -0.3 is 10.6 Å². The first-order valence-electron chi connectivity index (χ1n) is 6.11. The van der Waals surface area contributed by atoms with Gasteiger partial charge in [0.2, 0.25) is 0 Å². The van der Waals surface area contributed by atoms with Crippen LogP contribution in [0, 0.1) is 19.3 Å². The molecule has 0 aliphatic carbocycles. The number of hydrogen-bond donors (Lipinski definition) is 2. The van der Waals surface area contributed by atoms with E-state index in [2.05, 4.69) is 37.0 Å². The molecule has 19 heavy (non-hydrogen) atoms. The maximum Gasteiger partial charge on any atom is 0.143 e. The molecule has 1 heterocycles. The molecule has 3 N–H and O–H groups in total. The summed E-state index contributed by atoms with van der Waals surface area (Å²) in [4.78, 5) is 6.31. The Balaban J connectivity index is 2.50. The standard InChI is InChI=1S/C15H18N4/c1-10-6-7-13(11(2)9-10)19(3)15-12(14(16)17)5-4-8-18-15/h4-9H,1-3H3,(H3,16,17). The second kappa shape index (κ2) is 5.10. The maximum atomic E-state index is 7.63. The van der Waals surface area contributed by atoms with Gasteiger partial charge in [0.1, 0.15) is 11.7 Å². The van der Waals surface area contributed by atoms with Crippen LogP contribution >= 0.6 is 0 Å². The van der Waals surface area contributed by atoms with Crippen LogP contribution in [0.3, 0.4) is 0 Å². The lowest BCUT2D eigenvalue weighted by atomic mass is 10.1. The van der Waals surface area contributed by atoms with Crippen LogP contribution in [0.1, 0.15) is 16.7 Å². The van der Waals surface area contributed by atoms with Crippen LogP contribution in [0.2, 0.25) is 0 Å². The maximum absolute atomic E-state index is 7.63. The van der Waals surface area contributed by atoms with E-state index in [0.717, 1.165) is 5.69 Å². The van der Waals surface area contributed by atoms with Crippen molar-refractivity contribution in [3.8, 4) is 0 Å². The number of nitrogens with zero attached hydrogens (tertiary/aromatic N) is 2. The highest BCUT2D eigenvalue weighted by Crippen LogP contribution is 2.27. The first kappa shape index (κ1) is 13.1. The molecule has 0 unspecified atom stereocenters. The van der Waals surface area contributed by atoms with Crippen molar-refractivity contribution in [3.05, 3.63) is 53.2 Å². The molecule has 0 fully saturated rings. The molecule has 2 aromatic rings. The fraction of sp³-hybridized carbons (Fsp3) is 0.200. The van der Waals surface area contributed by atoms with E-state index in [1.165, 1.54) is 11.1 Å². The molecule has 0 saturated carbocycles. The Morgan fingerprint density at radius 1 is 1.26 bits per heavy atom. The molecule has 0 aliphatic rings. The number of nitrogens with two attached hydrogens (primary N) is 1. The predicted octanol–water partition coefficient (Wildman–Crippen LogP) is 2.75. The molecule has 2 rings (SSSR count). The Hall–Kier alpha value is -2.36. The largest absolute Gasteiger partial charge is 0.384 e. The third-order valence-electron chi connectivity index (χ3n) is 3.11. The lowest BCUT2D eigenvalue weighted by molar-refractivity contribution is 1.10. The van der Waals surface area contributed by atoms with Gasteiger partial charge >= 0.3 is 0 Å². The summed E-state index contributed by atoms with van der Waals surface area (Å²) in [6.07, 6.45) is 1.71. The van der Waals surface area contributed by atoms with Crippen LogP contribution in [0.4, 0.5) is 11.5 Å². The molecule has 4 nitrogen and oxygen atoms in total. The lowest BCUT2D eigenvalue weighted by Crippen LogP contribution is -2.20. The van der Waals surface area contributed by atoms with Crippen molar-refractivity contribution in [1.82, 2.24) is 4.98 Å². The van der Waals surface area contributed by atoms with Crippen LogP contribution in [0.15, 0.2) is 36.5 Å². The number of nitrogen functional groups attached to an aromatic ring is 1. The number of amidine groups is 1. The summed E-state index contributed by atoms with van der Waals surface area (Å²) in [7, 11) is 1.94. The summed E-state index contributed by atoms with van der Waals surface area (Å²) in [5.41, 5.74) is 9.71. The second-order valence-corrected chi connectivity index (χ2v) is 4.64. The van der Waals surface area contributed by atoms with Gasteiger partial charge in [-0.05, 0) is 37.6 Å². The molecule has 0 aliphatic heterocycles. The average molecular weight is 254 g/mol. The van der Waals surface area contributed by atoms with Gasteiger partial charge in [-0.3, -0.25) is 5.41 Å². The van der Waals surface area contributed by atoms with Crippen LogP contribution in [-0.4, -0.2) is 17.9 Å². The number of aryl methyl sites for hydroxylation is 2. The zero-order valence-corrected chi connectivity index (χ0v) is 11.4. The molecule has 0 atom stereocenters. The van der Waals surface area contributed by atoms with Gasteiger partial charge in [-0.15, -0.1) is 0 Å². The summed E-state index contributed by atoms with van der Waals surface area (Å²) in [6, 6.07) is 9.85. The van der Waals surface area contributed by atoms with Gasteiger partial charge in [-0.1, -0.05) is 17.7 Å². The van der Waals surface area contributed by atoms with Crippen molar-refractivity contribution < 1.29 is 0 Å². The number of anilines is 2. The van der Waals surface area contributed by atoms with E-state index in [1.54, 1.807) is 12.3 Å². The summed E-state index contributed by atoms with van der Waals surface area (Å²) >= 11 is 0. The Kier molecular flexibility index (Phi) is 3.51. The lowest BCUT2D eigenvalue weighted by Gasteiger charge is -2.22. The van der Waals surface area contributed by atoms with Gasteiger partial charge in [-0.2, -0.15) is 0 Å². The molecule has 0 saturated heterocycles. The normalized spacial score (nSPS) is 10.3. The quantitative estimate of drug-likeness (QED) is 0.654. The average Bonchev–Trinajstić information content (AvgIpc) is 2.38. The third-order valence-corrected chi connectivity index (χ3v) is 3.11. The Bertz CT molecular complexity index is 619. The molecule has 4 heteroatoms. The van der Waals surface area contributed by atoms with Gasteiger partial charge in [0.15, 0.2) is 0 Å². The fourth-order valence-corrected chi connectivity index (χ4v) is 2.17. The molecule has 98 valence electrons. The van der Waals surface area contributed by atoms with Gasteiger partial charge in [0.05, 0.1) is 5.56 Å². The molecular formula is C15H18N4. The number of nitrogens with one attached hydrogen (secondary N) is 1. The summed E-state index contributed by atoms with van der Waals surface area (Å²) < 4.78 is 0. The SMILES string of the molecule is Cc1ccc(N(C)c2ncccc2C(=N)N)c(C)c1. The number of benzene rings is 1. The van der Waals surface area contributed by atoms with Crippen LogP contribution < -0.4 is 10.6 Å². The Morgan fingerprint density at radius 3 is 2.63 bits per heavy atom. The van der Waals surface area contributed by atoms with Crippen molar-refractivity contribution >= 4 is 17.3 Å². The molecule has 1 aromatic carbocycles. The van der Waals surface area contributed by atoms with Gasteiger partial charge in [0.25, 0.3) is 0 Å². The van der Waals surface area contributed by atoms with E-state index in [-0.39, 0.29) is 5.84 Å². The number of hydrogen-bond acceptors (Lipinski definition) is 3. The van der Waals surface area contributed by atoms with Crippen molar-refractivity contribution in [3.63, 3.8) is 0 Å². The molecule has 0 radical (unpaired) electrons. The van der Waals surface area contributed by atoms with Crippen molar-refractivity contribution in [1.29, 1.82) is 5.41 Å². The highest BCUT2D eigenvalue weighted by atomic mass is 15.2. The topological polar surface area (TPSA) is 66.0 Å². The molecule has 0 bridgehead atoms. The minimum atomic E-state index is 0.0275. The predicted molar refractivity (Wildman–Crippen MR) is 79.2 cm³/mol. The smallest absolute Gasteiger partial charge is 0.143 e. The summed E-state index contributed by atoms with van der Waals surface area (Å²) in [5.74, 6) is 0.724. The minimum absolute atomic E-state index is 0.0275. The highest BCUT2D eigenvalue weighted by molar-refractivity contribution is 6.00. The Morgan fingerprint density at radius 2 is 2.00 bits per heavy atom. The second-order valence-electron chi connectivity index (χ2n) is 4.64. The number of aromatic nitrogens is 1. The molecule has 0 amide bonds. The molecular weight excluding hydrogens is 236 g/mol. The summed E-state index contributed by atoms with van der Waals surface area (Å²) in [5, 5.41) is 7.63. The van der Waals surface area contributed by atoms with Crippen LogP contribution in [0.5, 0.6) is 0 Å². The van der Waals surface area contributed by atoms with E-state index < -0.39 is 0 Å². The van der Waals surface area contributed by atoms with E-state index in [9.17, 15) is 0 Å². The van der Waals surface area contributed by atoms with Crippen molar-refractivity contribution in [2.24, 2.45) is 5.73 Å². The van der Waals surface area contributed by atoms with E-state index >= 15 is 0 Å². The third kappa shape index (κ3) is 2.57. The van der Waals surface area contributed by atoms with Crippen molar-refractivity contribution in [2.45, 2.75) is 13.8 Å². The molecule has 0 spiro atoms. The van der Waals surface area contributed by atoms with Crippen molar-refractivity contribution in [2.75, 3.05) is 11.9 Å². The fourth-order valence-electron chi connectivity index (χ4n) is 2.17. The van der Waals surface area contributed by atoms with Crippen LogP contribution in [-0.2, 0) is 0 Å².